The van der Waals surface area contributed by atoms with Crippen LogP contribution in [-0.2, 0) is 0 Å². The zero-order valence-electron chi connectivity index (χ0n) is 8.08. The van der Waals surface area contributed by atoms with Crippen molar-refractivity contribution in [2.75, 3.05) is 0 Å². The van der Waals surface area contributed by atoms with E-state index in [-0.39, 0.29) is 10.7 Å². The summed E-state index contributed by atoms with van der Waals surface area (Å²) in [6.45, 7) is 0. The summed E-state index contributed by atoms with van der Waals surface area (Å²) in [4.78, 5) is 10.5. The van der Waals surface area contributed by atoms with Crippen molar-refractivity contribution in [3.05, 3.63) is 40.6 Å². The summed E-state index contributed by atoms with van der Waals surface area (Å²) >= 11 is 5.49. The molecule has 2 rings (SSSR count). The number of aromatic carboxylic acids is 1. The van der Waals surface area contributed by atoms with Gasteiger partial charge in [-0.1, -0.05) is 16.8 Å². The maximum absolute atomic E-state index is 13.6. The van der Waals surface area contributed by atoms with E-state index in [0.29, 0.717) is 0 Å². The Morgan fingerprint density at radius 3 is 2.71 bits per heavy atom. The maximum Gasteiger partial charge on any atom is 0.374 e. The lowest BCUT2D eigenvalue weighted by atomic mass is 10.1. The number of hydrogen-bond donors (Lipinski definition) is 1. The molecule has 7 heteroatoms. The average molecular weight is 260 g/mol. The molecule has 0 unspecified atom stereocenters. The quantitative estimate of drug-likeness (QED) is 0.842. The van der Waals surface area contributed by atoms with Crippen LogP contribution >= 0.6 is 11.6 Å². The van der Waals surface area contributed by atoms with Crippen molar-refractivity contribution in [1.29, 1.82) is 0 Å². The van der Waals surface area contributed by atoms with Gasteiger partial charge in [-0.25, -0.2) is 13.6 Å². The van der Waals surface area contributed by atoms with E-state index >= 15 is 0 Å². The Labute approximate surface area is 98.4 Å². The minimum atomic E-state index is -1.38. The van der Waals surface area contributed by atoms with Crippen LogP contribution in [0.4, 0.5) is 8.78 Å². The Balaban J connectivity index is 2.60. The van der Waals surface area contributed by atoms with Crippen LogP contribution in [0.3, 0.4) is 0 Å². The molecule has 17 heavy (non-hydrogen) atoms. The van der Waals surface area contributed by atoms with E-state index in [1.54, 1.807) is 0 Å². The topological polar surface area (TPSA) is 63.3 Å². The number of aromatic nitrogens is 1. The number of carboxylic acid groups (broad SMARTS) is 1. The molecule has 0 aliphatic rings. The molecule has 0 bridgehead atoms. The monoisotopic (exact) mass is 259 g/mol. The Morgan fingerprint density at radius 1 is 1.41 bits per heavy atom. The fourth-order valence-corrected chi connectivity index (χ4v) is 1.41. The molecule has 2 aromatic rings. The fourth-order valence-electron chi connectivity index (χ4n) is 1.26. The second-order valence-corrected chi connectivity index (χ2v) is 3.51. The highest BCUT2D eigenvalue weighted by Crippen LogP contribution is 2.29. The number of nitrogens with zero attached hydrogens (tertiary/aromatic N) is 1. The Bertz CT molecular complexity index is 597. The standard InChI is InChI=1S/C10H4ClF2NO3/c11-4-1-2-5(12)8(9(4)13)6-3-7(10(15)16)17-14-6/h1-3H,(H,15,16). The Morgan fingerprint density at radius 2 is 2.12 bits per heavy atom. The van der Waals surface area contributed by atoms with Gasteiger partial charge in [0.05, 0.1) is 10.6 Å². The van der Waals surface area contributed by atoms with Crippen LogP contribution in [0.5, 0.6) is 0 Å². The van der Waals surface area contributed by atoms with Crippen LogP contribution in [0, 0.1) is 11.6 Å². The van der Waals surface area contributed by atoms with Crippen LogP contribution in [0.2, 0.25) is 5.02 Å². The van der Waals surface area contributed by atoms with Gasteiger partial charge in [0.25, 0.3) is 0 Å². The Kier molecular flexibility index (Phi) is 2.81. The molecule has 0 fully saturated rings. The van der Waals surface area contributed by atoms with Crippen LogP contribution in [0.1, 0.15) is 10.6 Å². The van der Waals surface area contributed by atoms with Crippen LogP contribution in [0.15, 0.2) is 22.7 Å². The van der Waals surface area contributed by atoms with E-state index in [9.17, 15) is 13.6 Å². The lowest BCUT2D eigenvalue weighted by Gasteiger charge is -2.01. The molecule has 1 aromatic heterocycles. The SMILES string of the molecule is O=C(O)c1cc(-c2c(F)ccc(Cl)c2F)no1. The van der Waals surface area contributed by atoms with E-state index in [2.05, 4.69) is 9.68 Å². The minimum absolute atomic E-state index is 0.264. The van der Waals surface area contributed by atoms with E-state index in [4.69, 9.17) is 16.7 Å². The number of hydrogen-bond acceptors (Lipinski definition) is 3. The first kappa shape index (κ1) is 11.5. The largest absolute Gasteiger partial charge is 0.475 e. The molecule has 0 aliphatic carbocycles. The highest BCUT2D eigenvalue weighted by molar-refractivity contribution is 6.31. The summed E-state index contributed by atoms with van der Waals surface area (Å²) in [6.07, 6.45) is 0. The van der Waals surface area contributed by atoms with E-state index < -0.39 is 28.9 Å². The molecule has 0 atom stereocenters. The number of carbonyl (C=O) groups is 1. The summed E-state index contributed by atoms with van der Waals surface area (Å²) < 4.78 is 31.4. The van der Waals surface area contributed by atoms with Gasteiger partial charge in [-0.15, -0.1) is 0 Å². The smallest absolute Gasteiger partial charge is 0.374 e. The molecule has 0 radical (unpaired) electrons. The molecule has 1 N–H and O–H groups in total. The predicted molar refractivity (Wildman–Crippen MR) is 53.8 cm³/mol. The molecule has 0 saturated heterocycles. The normalized spacial score (nSPS) is 10.5. The molecular formula is C10H4ClF2NO3. The molecule has 0 amide bonds. The van der Waals surface area contributed by atoms with Gasteiger partial charge in [-0.3, -0.25) is 0 Å². The van der Waals surface area contributed by atoms with Crippen molar-refractivity contribution in [3.63, 3.8) is 0 Å². The molecule has 0 aliphatic heterocycles. The lowest BCUT2D eigenvalue weighted by molar-refractivity contribution is 0.0652. The van der Waals surface area contributed by atoms with Crippen LogP contribution in [-0.4, -0.2) is 16.2 Å². The number of benzene rings is 1. The van der Waals surface area contributed by atoms with Crippen LogP contribution < -0.4 is 0 Å². The van der Waals surface area contributed by atoms with Crippen molar-refractivity contribution in [2.45, 2.75) is 0 Å². The van der Waals surface area contributed by atoms with Gasteiger partial charge in [0.2, 0.25) is 5.76 Å². The molecule has 88 valence electrons. The molecule has 1 aromatic carbocycles. The number of rotatable bonds is 2. The number of halogens is 3. The first-order chi connectivity index (χ1) is 8.00. The first-order valence-corrected chi connectivity index (χ1v) is 4.72. The van der Waals surface area contributed by atoms with E-state index in [1.807, 2.05) is 0 Å². The van der Waals surface area contributed by atoms with Gasteiger partial charge >= 0.3 is 5.97 Å². The molecule has 4 nitrogen and oxygen atoms in total. The van der Waals surface area contributed by atoms with Crippen molar-refractivity contribution >= 4 is 17.6 Å². The van der Waals surface area contributed by atoms with Crippen LogP contribution in [0.25, 0.3) is 11.3 Å². The first-order valence-electron chi connectivity index (χ1n) is 4.34. The third kappa shape index (κ3) is 1.99. The third-order valence-electron chi connectivity index (χ3n) is 2.02. The summed E-state index contributed by atoms with van der Waals surface area (Å²) in [5, 5.41) is 11.6. The Hall–Kier alpha value is -1.95. The van der Waals surface area contributed by atoms with Gasteiger partial charge in [0, 0.05) is 6.07 Å². The van der Waals surface area contributed by atoms with Gasteiger partial charge < -0.3 is 9.63 Å². The van der Waals surface area contributed by atoms with Crippen molar-refractivity contribution in [3.8, 4) is 11.3 Å². The molecule has 0 spiro atoms. The molecule has 0 saturated carbocycles. The summed E-state index contributed by atoms with van der Waals surface area (Å²) in [7, 11) is 0. The highest BCUT2D eigenvalue weighted by Gasteiger charge is 2.20. The van der Waals surface area contributed by atoms with E-state index in [0.717, 1.165) is 18.2 Å². The maximum atomic E-state index is 13.6. The van der Waals surface area contributed by atoms with Gasteiger partial charge in [0.15, 0.2) is 5.82 Å². The minimum Gasteiger partial charge on any atom is -0.475 e. The second-order valence-electron chi connectivity index (χ2n) is 3.10. The molecular weight excluding hydrogens is 256 g/mol. The average Bonchev–Trinajstić information content (AvgIpc) is 2.73. The van der Waals surface area contributed by atoms with Crippen molar-refractivity contribution in [1.82, 2.24) is 5.16 Å². The van der Waals surface area contributed by atoms with E-state index in [1.165, 1.54) is 0 Å². The zero-order chi connectivity index (χ0) is 12.6. The third-order valence-corrected chi connectivity index (χ3v) is 2.31. The summed E-state index contributed by atoms with van der Waals surface area (Å²) in [5.41, 5.74) is -0.784. The predicted octanol–water partition coefficient (Wildman–Crippen LogP) is 2.97. The number of carboxylic acids is 1. The second kappa shape index (κ2) is 4.14. The van der Waals surface area contributed by atoms with Gasteiger partial charge in [-0.2, -0.15) is 0 Å². The fraction of sp³-hybridized carbons (Fsp3) is 0. The highest BCUT2D eigenvalue weighted by atomic mass is 35.5. The molecule has 1 heterocycles. The lowest BCUT2D eigenvalue weighted by Crippen LogP contribution is -1.93. The van der Waals surface area contributed by atoms with Crippen molar-refractivity contribution in [2.24, 2.45) is 0 Å². The zero-order valence-corrected chi connectivity index (χ0v) is 8.83. The van der Waals surface area contributed by atoms with Crippen molar-refractivity contribution < 1.29 is 23.2 Å². The van der Waals surface area contributed by atoms with Gasteiger partial charge in [0.1, 0.15) is 11.5 Å². The summed E-state index contributed by atoms with van der Waals surface area (Å²) in [6, 6.07) is 2.92. The summed E-state index contributed by atoms with van der Waals surface area (Å²) in [5.74, 6) is -3.82. The van der Waals surface area contributed by atoms with Gasteiger partial charge in [-0.05, 0) is 12.1 Å².